The molecule has 1 aromatic heterocycles. The van der Waals surface area contributed by atoms with Crippen LogP contribution in [0.15, 0.2) is 53.1 Å². The predicted octanol–water partition coefficient (Wildman–Crippen LogP) is 4.31. The summed E-state index contributed by atoms with van der Waals surface area (Å²) in [5, 5.41) is 4.36. The van der Waals surface area contributed by atoms with E-state index < -0.39 is 0 Å². The van der Waals surface area contributed by atoms with Crippen LogP contribution in [0.1, 0.15) is 11.1 Å². The highest BCUT2D eigenvalue weighted by atomic mass is 79.9. The lowest BCUT2D eigenvalue weighted by atomic mass is 10.1. The first-order valence-electron chi connectivity index (χ1n) is 6.84. The molecular formula is C17H16BrFN2. The van der Waals surface area contributed by atoms with E-state index in [9.17, 15) is 4.39 Å². The summed E-state index contributed by atoms with van der Waals surface area (Å²) in [5.41, 5.74) is 3.34. The highest BCUT2D eigenvalue weighted by molar-refractivity contribution is 9.10. The van der Waals surface area contributed by atoms with E-state index in [0.29, 0.717) is 11.0 Å². The van der Waals surface area contributed by atoms with E-state index in [0.717, 1.165) is 12.1 Å². The van der Waals surface area contributed by atoms with E-state index in [1.165, 1.54) is 22.5 Å². The van der Waals surface area contributed by atoms with E-state index in [-0.39, 0.29) is 5.82 Å². The van der Waals surface area contributed by atoms with Crippen LogP contribution in [0.4, 0.5) is 4.39 Å². The number of rotatable bonds is 4. The maximum atomic E-state index is 13.6. The van der Waals surface area contributed by atoms with Crippen molar-refractivity contribution < 1.29 is 4.39 Å². The second-order valence-corrected chi connectivity index (χ2v) is 5.87. The van der Waals surface area contributed by atoms with Gasteiger partial charge in [-0.3, -0.25) is 0 Å². The summed E-state index contributed by atoms with van der Waals surface area (Å²) in [6.07, 6.45) is 2.05. The molecule has 0 saturated carbocycles. The van der Waals surface area contributed by atoms with Crippen molar-refractivity contribution in [3.63, 3.8) is 0 Å². The van der Waals surface area contributed by atoms with Crippen LogP contribution in [0.2, 0.25) is 0 Å². The molecule has 0 bridgehead atoms. The molecule has 0 fully saturated rings. The molecule has 0 radical (unpaired) electrons. The Kier molecular flexibility index (Phi) is 4.08. The smallest absolute Gasteiger partial charge is 0.137 e. The molecule has 0 spiro atoms. The fourth-order valence-corrected chi connectivity index (χ4v) is 2.93. The Morgan fingerprint density at radius 2 is 2.05 bits per heavy atom. The van der Waals surface area contributed by atoms with E-state index in [1.807, 2.05) is 19.3 Å². The van der Waals surface area contributed by atoms with Crippen LogP contribution in [-0.4, -0.2) is 11.6 Å². The van der Waals surface area contributed by atoms with Gasteiger partial charge < -0.3 is 9.88 Å². The molecule has 1 heterocycles. The van der Waals surface area contributed by atoms with Gasteiger partial charge in [0.15, 0.2) is 0 Å². The minimum Gasteiger partial charge on any atom is -0.343 e. The number of benzene rings is 2. The maximum Gasteiger partial charge on any atom is 0.137 e. The minimum atomic E-state index is -0.222. The van der Waals surface area contributed by atoms with Crippen molar-refractivity contribution in [2.75, 3.05) is 7.05 Å². The van der Waals surface area contributed by atoms with Gasteiger partial charge in [0.2, 0.25) is 0 Å². The van der Waals surface area contributed by atoms with E-state index >= 15 is 0 Å². The van der Waals surface area contributed by atoms with Crippen molar-refractivity contribution in [2.24, 2.45) is 0 Å². The molecule has 108 valence electrons. The van der Waals surface area contributed by atoms with E-state index in [1.54, 1.807) is 6.07 Å². The van der Waals surface area contributed by atoms with Crippen molar-refractivity contribution in [3.05, 3.63) is 70.1 Å². The van der Waals surface area contributed by atoms with Gasteiger partial charge in [0.25, 0.3) is 0 Å². The van der Waals surface area contributed by atoms with Gasteiger partial charge in [0.05, 0.1) is 4.47 Å². The largest absolute Gasteiger partial charge is 0.343 e. The molecule has 0 aliphatic carbocycles. The highest BCUT2D eigenvalue weighted by Gasteiger charge is 2.08. The van der Waals surface area contributed by atoms with Crippen molar-refractivity contribution in [3.8, 4) is 0 Å². The van der Waals surface area contributed by atoms with Gasteiger partial charge in [-0.05, 0) is 57.7 Å². The summed E-state index contributed by atoms with van der Waals surface area (Å²) in [4.78, 5) is 0. The van der Waals surface area contributed by atoms with Gasteiger partial charge in [-0.2, -0.15) is 0 Å². The summed E-state index contributed by atoms with van der Waals surface area (Å²) in [5.74, 6) is -0.222. The predicted molar refractivity (Wildman–Crippen MR) is 87.9 cm³/mol. The Hall–Kier alpha value is -1.65. The van der Waals surface area contributed by atoms with Crippen molar-refractivity contribution in [2.45, 2.75) is 13.1 Å². The second-order valence-electron chi connectivity index (χ2n) is 5.08. The molecule has 2 aromatic carbocycles. The van der Waals surface area contributed by atoms with Gasteiger partial charge in [-0.25, -0.2) is 4.39 Å². The van der Waals surface area contributed by atoms with Crippen LogP contribution in [-0.2, 0) is 13.1 Å². The van der Waals surface area contributed by atoms with Gasteiger partial charge in [0.1, 0.15) is 5.82 Å². The number of aromatic nitrogens is 1. The Morgan fingerprint density at radius 3 is 2.86 bits per heavy atom. The van der Waals surface area contributed by atoms with E-state index in [4.69, 9.17) is 0 Å². The van der Waals surface area contributed by atoms with Crippen LogP contribution >= 0.6 is 15.9 Å². The third kappa shape index (κ3) is 2.87. The lowest BCUT2D eigenvalue weighted by Crippen LogP contribution is -2.05. The molecule has 0 aliphatic rings. The highest BCUT2D eigenvalue weighted by Crippen LogP contribution is 2.24. The monoisotopic (exact) mass is 346 g/mol. The zero-order valence-electron chi connectivity index (χ0n) is 11.7. The lowest BCUT2D eigenvalue weighted by molar-refractivity contribution is 0.616. The van der Waals surface area contributed by atoms with Gasteiger partial charge in [-0.1, -0.05) is 24.3 Å². The fourth-order valence-electron chi connectivity index (χ4n) is 2.54. The first-order valence-corrected chi connectivity index (χ1v) is 7.63. The first kappa shape index (κ1) is 14.3. The average Bonchev–Trinajstić information content (AvgIpc) is 2.87. The molecule has 3 rings (SSSR count). The standard InChI is InChI=1S/C17H16BrFN2/c1-20-10-12-5-6-13-7-8-21(16(13)9-12)11-14-3-2-4-15(19)17(14)18/h2-9,20H,10-11H2,1H3. The summed E-state index contributed by atoms with van der Waals surface area (Å²) in [6, 6.07) is 13.7. The molecule has 4 heteroatoms. The third-order valence-corrected chi connectivity index (χ3v) is 4.48. The normalized spacial score (nSPS) is 11.2. The third-order valence-electron chi connectivity index (χ3n) is 3.59. The second kappa shape index (κ2) is 6.00. The molecule has 0 aliphatic heterocycles. The van der Waals surface area contributed by atoms with Crippen molar-refractivity contribution in [1.82, 2.24) is 9.88 Å². The Labute approximate surface area is 131 Å². The quantitative estimate of drug-likeness (QED) is 0.744. The van der Waals surface area contributed by atoms with E-state index in [2.05, 4.69) is 50.1 Å². The SMILES string of the molecule is CNCc1ccc2ccn(Cc3cccc(F)c3Br)c2c1. The Morgan fingerprint density at radius 1 is 1.19 bits per heavy atom. The summed E-state index contributed by atoms with van der Waals surface area (Å²) < 4.78 is 16.3. The number of nitrogens with zero attached hydrogens (tertiary/aromatic N) is 1. The number of hydrogen-bond acceptors (Lipinski definition) is 1. The summed E-state index contributed by atoms with van der Waals surface area (Å²) >= 11 is 3.33. The van der Waals surface area contributed by atoms with Gasteiger partial charge >= 0.3 is 0 Å². The number of fused-ring (bicyclic) bond motifs is 1. The average molecular weight is 347 g/mol. The van der Waals surface area contributed by atoms with Crippen molar-refractivity contribution in [1.29, 1.82) is 0 Å². The zero-order valence-corrected chi connectivity index (χ0v) is 13.3. The first-order chi connectivity index (χ1) is 10.2. The van der Waals surface area contributed by atoms with Crippen LogP contribution in [0.3, 0.4) is 0 Å². The summed E-state index contributed by atoms with van der Waals surface area (Å²) in [6.45, 7) is 1.48. The molecule has 2 nitrogen and oxygen atoms in total. The van der Waals surface area contributed by atoms with Crippen LogP contribution in [0.25, 0.3) is 10.9 Å². The maximum absolute atomic E-state index is 13.6. The molecular weight excluding hydrogens is 331 g/mol. The van der Waals surface area contributed by atoms with Crippen molar-refractivity contribution >= 4 is 26.8 Å². The molecule has 0 unspecified atom stereocenters. The molecule has 0 amide bonds. The number of halogens is 2. The number of hydrogen-bond donors (Lipinski definition) is 1. The van der Waals surface area contributed by atoms with Crippen LogP contribution in [0, 0.1) is 5.82 Å². The summed E-state index contributed by atoms with van der Waals surface area (Å²) in [7, 11) is 1.94. The fraction of sp³-hybridized carbons (Fsp3) is 0.176. The Bertz CT molecular complexity index is 780. The topological polar surface area (TPSA) is 17.0 Å². The van der Waals surface area contributed by atoms with Crippen LogP contribution < -0.4 is 5.32 Å². The lowest BCUT2D eigenvalue weighted by Gasteiger charge is -2.09. The molecule has 0 atom stereocenters. The molecule has 3 aromatic rings. The molecule has 21 heavy (non-hydrogen) atoms. The van der Waals surface area contributed by atoms with Crippen LogP contribution in [0.5, 0.6) is 0 Å². The number of nitrogens with one attached hydrogen (secondary N) is 1. The molecule has 0 saturated heterocycles. The minimum absolute atomic E-state index is 0.222. The van der Waals surface area contributed by atoms with Gasteiger partial charge in [0, 0.05) is 24.8 Å². The Balaban J connectivity index is 2.00. The van der Waals surface area contributed by atoms with Gasteiger partial charge in [-0.15, -0.1) is 0 Å². The molecule has 1 N–H and O–H groups in total. The zero-order chi connectivity index (χ0) is 14.8.